The Kier molecular flexibility index (Phi) is 6.24. The standard InChI is InChI=1S/C19H20O4/c1-3-22-18(19(20)21-2)13-15-9-11-17(12-10-15)23-14-16-7-5-4-6-8-16/h4-13H,3,14H2,1-2H3/b18-13-. The van der Waals surface area contributed by atoms with Crippen molar-refractivity contribution in [3.05, 3.63) is 71.5 Å². The van der Waals surface area contributed by atoms with Crippen molar-refractivity contribution in [2.24, 2.45) is 0 Å². The lowest BCUT2D eigenvalue weighted by atomic mass is 10.2. The van der Waals surface area contributed by atoms with Crippen LogP contribution in [0.15, 0.2) is 60.4 Å². The van der Waals surface area contributed by atoms with E-state index in [0.29, 0.717) is 13.2 Å². The van der Waals surface area contributed by atoms with Gasteiger partial charge in [-0.2, -0.15) is 0 Å². The Balaban J connectivity index is 2.02. The van der Waals surface area contributed by atoms with Crippen LogP contribution in [-0.4, -0.2) is 19.7 Å². The van der Waals surface area contributed by atoms with Crippen LogP contribution >= 0.6 is 0 Å². The lowest BCUT2D eigenvalue weighted by Gasteiger charge is -2.08. The van der Waals surface area contributed by atoms with Gasteiger partial charge in [-0.15, -0.1) is 0 Å². The number of carbonyl (C=O) groups excluding carboxylic acids is 1. The van der Waals surface area contributed by atoms with Crippen LogP contribution in [0.3, 0.4) is 0 Å². The van der Waals surface area contributed by atoms with Crippen LogP contribution in [0.4, 0.5) is 0 Å². The number of methoxy groups -OCH3 is 1. The molecule has 0 saturated carbocycles. The van der Waals surface area contributed by atoms with Gasteiger partial charge in [-0.25, -0.2) is 4.79 Å². The molecule has 4 heteroatoms. The molecule has 2 aromatic rings. The van der Waals surface area contributed by atoms with E-state index < -0.39 is 5.97 Å². The number of hydrogen-bond donors (Lipinski definition) is 0. The van der Waals surface area contributed by atoms with Crippen LogP contribution in [0.1, 0.15) is 18.1 Å². The Morgan fingerprint density at radius 1 is 1.04 bits per heavy atom. The minimum Gasteiger partial charge on any atom is -0.489 e. The molecule has 0 aromatic heterocycles. The molecule has 2 aromatic carbocycles. The molecule has 0 saturated heterocycles. The Labute approximate surface area is 136 Å². The first-order valence-electron chi connectivity index (χ1n) is 7.42. The number of carbonyl (C=O) groups is 1. The van der Waals surface area contributed by atoms with Crippen LogP contribution in [0.25, 0.3) is 6.08 Å². The number of hydrogen-bond acceptors (Lipinski definition) is 4. The van der Waals surface area contributed by atoms with Gasteiger partial charge in [-0.05, 0) is 36.3 Å². The Morgan fingerprint density at radius 2 is 1.74 bits per heavy atom. The summed E-state index contributed by atoms with van der Waals surface area (Å²) in [6, 6.07) is 17.4. The van der Waals surface area contributed by atoms with E-state index in [9.17, 15) is 4.79 Å². The van der Waals surface area contributed by atoms with Gasteiger partial charge < -0.3 is 14.2 Å². The zero-order valence-electron chi connectivity index (χ0n) is 13.3. The van der Waals surface area contributed by atoms with Crippen LogP contribution in [-0.2, 0) is 20.9 Å². The summed E-state index contributed by atoms with van der Waals surface area (Å²) >= 11 is 0. The average molecular weight is 312 g/mol. The molecule has 0 N–H and O–H groups in total. The second-order valence-corrected chi connectivity index (χ2v) is 4.78. The van der Waals surface area contributed by atoms with Gasteiger partial charge in [0.2, 0.25) is 5.76 Å². The zero-order chi connectivity index (χ0) is 16.5. The largest absolute Gasteiger partial charge is 0.489 e. The molecular weight excluding hydrogens is 292 g/mol. The van der Waals surface area contributed by atoms with Crippen molar-refractivity contribution in [2.45, 2.75) is 13.5 Å². The Morgan fingerprint density at radius 3 is 2.35 bits per heavy atom. The molecule has 0 radical (unpaired) electrons. The minimum absolute atomic E-state index is 0.188. The highest BCUT2D eigenvalue weighted by Crippen LogP contribution is 2.17. The summed E-state index contributed by atoms with van der Waals surface area (Å²) in [4.78, 5) is 11.6. The summed E-state index contributed by atoms with van der Waals surface area (Å²) in [5, 5.41) is 0. The minimum atomic E-state index is -0.490. The first-order valence-corrected chi connectivity index (χ1v) is 7.42. The predicted molar refractivity (Wildman–Crippen MR) is 88.8 cm³/mol. The average Bonchev–Trinajstić information content (AvgIpc) is 2.61. The second-order valence-electron chi connectivity index (χ2n) is 4.78. The third-order valence-corrected chi connectivity index (χ3v) is 3.11. The molecule has 120 valence electrons. The number of rotatable bonds is 7. The van der Waals surface area contributed by atoms with Gasteiger partial charge in [0.15, 0.2) is 0 Å². The maximum Gasteiger partial charge on any atom is 0.373 e. The molecule has 0 heterocycles. The second kappa shape index (κ2) is 8.63. The van der Waals surface area contributed by atoms with Gasteiger partial charge in [-0.3, -0.25) is 0 Å². The maximum absolute atomic E-state index is 11.6. The van der Waals surface area contributed by atoms with Gasteiger partial charge in [-0.1, -0.05) is 42.5 Å². The summed E-state index contributed by atoms with van der Waals surface area (Å²) in [7, 11) is 1.33. The van der Waals surface area contributed by atoms with Crippen molar-refractivity contribution in [3.63, 3.8) is 0 Å². The monoisotopic (exact) mass is 312 g/mol. The fraction of sp³-hybridized carbons (Fsp3) is 0.211. The summed E-state index contributed by atoms with van der Waals surface area (Å²) in [5.74, 6) is 0.464. The molecule has 4 nitrogen and oxygen atoms in total. The highest BCUT2D eigenvalue weighted by atomic mass is 16.6. The molecule has 0 aliphatic rings. The SMILES string of the molecule is CCO/C(=C\c1ccc(OCc2ccccc2)cc1)C(=O)OC. The molecule has 0 unspecified atom stereocenters. The summed E-state index contributed by atoms with van der Waals surface area (Å²) in [6.45, 7) is 2.74. The predicted octanol–water partition coefficient (Wildman–Crippen LogP) is 3.82. The number of ether oxygens (including phenoxy) is 3. The van der Waals surface area contributed by atoms with Gasteiger partial charge in [0, 0.05) is 0 Å². The molecule has 0 aliphatic heterocycles. The number of esters is 1. The molecule has 23 heavy (non-hydrogen) atoms. The third-order valence-electron chi connectivity index (χ3n) is 3.11. The fourth-order valence-corrected chi connectivity index (χ4v) is 1.97. The number of benzene rings is 2. The molecule has 2 rings (SSSR count). The van der Waals surface area contributed by atoms with Crippen LogP contribution in [0.5, 0.6) is 5.75 Å². The van der Waals surface area contributed by atoms with E-state index in [-0.39, 0.29) is 5.76 Å². The highest BCUT2D eigenvalue weighted by Gasteiger charge is 2.10. The van der Waals surface area contributed by atoms with E-state index in [0.717, 1.165) is 16.9 Å². The fourth-order valence-electron chi connectivity index (χ4n) is 1.97. The van der Waals surface area contributed by atoms with Gasteiger partial charge >= 0.3 is 5.97 Å². The molecule has 0 fully saturated rings. The topological polar surface area (TPSA) is 44.8 Å². The summed E-state index contributed by atoms with van der Waals surface area (Å²) < 4.78 is 15.7. The Bertz CT molecular complexity index is 645. The van der Waals surface area contributed by atoms with Crippen molar-refractivity contribution in [1.29, 1.82) is 0 Å². The van der Waals surface area contributed by atoms with E-state index in [1.165, 1.54) is 7.11 Å². The van der Waals surface area contributed by atoms with E-state index in [2.05, 4.69) is 0 Å². The molecular formula is C19H20O4. The first-order chi connectivity index (χ1) is 11.2. The van der Waals surface area contributed by atoms with E-state index >= 15 is 0 Å². The maximum atomic E-state index is 11.6. The van der Waals surface area contributed by atoms with E-state index in [4.69, 9.17) is 14.2 Å². The van der Waals surface area contributed by atoms with Crippen LogP contribution in [0, 0.1) is 0 Å². The smallest absolute Gasteiger partial charge is 0.373 e. The van der Waals surface area contributed by atoms with Gasteiger partial charge in [0.25, 0.3) is 0 Å². The normalized spacial score (nSPS) is 11.0. The molecule has 0 atom stereocenters. The van der Waals surface area contributed by atoms with Crippen molar-refractivity contribution in [2.75, 3.05) is 13.7 Å². The Hall–Kier alpha value is -2.75. The molecule has 0 bridgehead atoms. The lowest BCUT2D eigenvalue weighted by Crippen LogP contribution is -2.08. The molecule has 0 spiro atoms. The lowest BCUT2D eigenvalue weighted by molar-refractivity contribution is -0.139. The van der Waals surface area contributed by atoms with E-state index in [1.807, 2.05) is 61.5 Å². The van der Waals surface area contributed by atoms with Crippen molar-refractivity contribution >= 4 is 12.0 Å². The first kappa shape index (κ1) is 16.6. The van der Waals surface area contributed by atoms with Gasteiger partial charge in [0.1, 0.15) is 12.4 Å². The third kappa shape index (κ3) is 5.18. The molecule has 0 aliphatic carbocycles. The van der Waals surface area contributed by atoms with Crippen LogP contribution < -0.4 is 4.74 Å². The van der Waals surface area contributed by atoms with Crippen LogP contribution in [0.2, 0.25) is 0 Å². The molecule has 0 amide bonds. The van der Waals surface area contributed by atoms with Crippen molar-refractivity contribution < 1.29 is 19.0 Å². The zero-order valence-corrected chi connectivity index (χ0v) is 13.3. The highest BCUT2D eigenvalue weighted by molar-refractivity contribution is 5.91. The van der Waals surface area contributed by atoms with Crippen molar-refractivity contribution in [1.82, 2.24) is 0 Å². The summed E-state index contributed by atoms with van der Waals surface area (Å²) in [5.41, 5.74) is 1.95. The van der Waals surface area contributed by atoms with Gasteiger partial charge in [0.05, 0.1) is 13.7 Å². The van der Waals surface area contributed by atoms with E-state index in [1.54, 1.807) is 6.08 Å². The quantitative estimate of drug-likeness (QED) is 0.443. The van der Waals surface area contributed by atoms with Crippen molar-refractivity contribution in [3.8, 4) is 5.75 Å². The summed E-state index contributed by atoms with van der Waals surface area (Å²) in [6.07, 6.45) is 1.65.